The summed E-state index contributed by atoms with van der Waals surface area (Å²) in [6.07, 6.45) is 3.90. The van der Waals surface area contributed by atoms with Crippen molar-refractivity contribution in [1.29, 1.82) is 0 Å². The number of benzene rings is 1. The van der Waals surface area contributed by atoms with Gasteiger partial charge in [0.05, 0.1) is 5.69 Å². The zero-order valence-electron chi connectivity index (χ0n) is 11.0. The highest BCUT2D eigenvalue weighted by atomic mass is 35.5. The van der Waals surface area contributed by atoms with Crippen LogP contribution < -0.4 is 0 Å². The zero-order chi connectivity index (χ0) is 13.7. The first-order chi connectivity index (χ1) is 9.24. The molecule has 0 spiro atoms. The highest BCUT2D eigenvalue weighted by Gasteiger charge is 2.05. The van der Waals surface area contributed by atoms with E-state index >= 15 is 0 Å². The van der Waals surface area contributed by atoms with Gasteiger partial charge in [0.15, 0.2) is 5.82 Å². The van der Waals surface area contributed by atoms with E-state index in [1.54, 1.807) is 4.68 Å². The number of nitrogens with zero attached hydrogens (tertiary/aromatic N) is 5. The quantitative estimate of drug-likeness (QED) is 0.843. The summed E-state index contributed by atoms with van der Waals surface area (Å²) in [7, 11) is 0. The molecule has 0 unspecified atom stereocenters. The number of hydrogen-bond acceptors (Lipinski definition) is 4. The van der Waals surface area contributed by atoms with Crippen LogP contribution in [0.15, 0.2) is 30.5 Å². The third kappa shape index (κ3) is 3.32. The van der Waals surface area contributed by atoms with E-state index in [2.05, 4.69) is 34.3 Å². The molecule has 0 aliphatic heterocycles. The Balaban J connectivity index is 2.25. The Labute approximate surface area is 117 Å². The van der Waals surface area contributed by atoms with E-state index in [4.69, 9.17) is 11.6 Å². The summed E-state index contributed by atoms with van der Waals surface area (Å²) in [6.45, 7) is 6.12. The number of rotatable bonds is 5. The van der Waals surface area contributed by atoms with Crippen LogP contribution in [0.5, 0.6) is 0 Å². The molecule has 5 nitrogen and oxygen atoms in total. The van der Waals surface area contributed by atoms with E-state index in [1.165, 1.54) is 0 Å². The lowest BCUT2D eigenvalue weighted by Crippen LogP contribution is -2.15. The molecule has 6 heteroatoms. The van der Waals surface area contributed by atoms with E-state index in [0.29, 0.717) is 10.8 Å². The van der Waals surface area contributed by atoms with Crippen molar-refractivity contribution in [2.45, 2.75) is 13.8 Å². The third-order valence-corrected chi connectivity index (χ3v) is 3.06. The molecule has 0 radical (unpaired) electrons. The van der Waals surface area contributed by atoms with E-state index < -0.39 is 0 Å². The molecule has 0 aliphatic rings. The second-order valence-electron chi connectivity index (χ2n) is 3.96. The molecule has 0 bridgehead atoms. The Morgan fingerprint density at radius 3 is 2.53 bits per heavy atom. The summed E-state index contributed by atoms with van der Waals surface area (Å²) >= 11 is 5.87. The summed E-state index contributed by atoms with van der Waals surface area (Å²) in [5, 5.41) is 12.4. The fourth-order valence-corrected chi connectivity index (χ4v) is 1.80. The predicted octanol–water partition coefficient (Wildman–Crippen LogP) is 2.63. The van der Waals surface area contributed by atoms with Crippen LogP contribution in [0, 0.1) is 0 Å². The van der Waals surface area contributed by atoms with Gasteiger partial charge in [0.1, 0.15) is 0 Å². The van der Waals surface area contributed by atoms with Crippen molar-refractivity contribution in [3.05, 3.63) is 41.3 Å². The Morgan fingerprint density at radius 1 is 1.21 bits per heavy atom. The summed E-state index contributed by atoms with van der Waals surface area (Å²) in [5.41, 5.74) is 0.883. The number of halogens is 1. The van der Waals surface area contributed by atoms with E-state index in [-0.39, 0.29) is 0 Å². The molecule has 1 heterocycles. The van der Waals surface area contributed by atoms with Gasteiger partial charge in [-0.05, 0) is 48.5 Å². The molecular weight excluding hydrogens is 262 g/mol. The van der Waals surface area contributed by atoms with Crippen molar-refractivity contribution in [3.8, 4) is 5.69 Å². The smallest absolute Gasteiger partial charge is 0.181 e. The van der Waals surface area contributed by atoms with Crippen molar-refractivity contribution in [2.24, 2.45) is 0 Å². The first-order valence-electron chi connectivity index (χ1n) is 6.21. The van der Waals surface area contributed by atoms with Crippen LogP contribution in [0.2, 0.25) is 5.02 Å². The minimum atomic E-state index is 0.689. The Morgan fingerprint density at radius 2 is 1.89 bits per heavy atom. The highest BCUT2D eigenvalue weighted by molar-refractivity contribution is 6.30. The summed E-state index contributed by atoms with van der Waals surface area (Å²) < 4.78 is 1.68. The van der Waals surface area contributed by atoms with Gasteiger partial charge >= 0.3 is 0 Å². The predicted molar refractivity (Wildman–Crippen MR) is 76.1 cm³/mol. The lowest BCUT2D eigenvalue weighted by Gasteiger charge is -2.14. The minimum Gasteiger partial charge on any atom is -0.378 e. The molecule has 0 atom stereocenters. The lowest BCUT2D eigenvalue weighted by molar-refractivity contribution is 0.421. The second kappa shape index (κ2) is 6.33. The largest absolute Gasteiger partial charge is 0.378 e. The maximum atomic E-state index is 5.87. The monoisotopic (exact) mass is 277 g/mol. The normalized spacial score (nSPS) is 11.1. The maximum absolute atomic E-state index is 5.87. The van der Waals surface area contributed by atoms with E-state index in [9.17, 15) is 0 Å². The van der Waals surface area contributed by atoms with Gasteiger partial charge in [-0.1, -0.05) is 11.6 Å². The molecule has 2 rings (SSSR count). The van der Waals surface area contributed by atoms with E-state index in [0.717, 1.165) is 18.8 Å². The van der Waals surface area contributed by atoms with Gasteiger partial charge in [-0.2, -0.15) is 4.68 Å². The molecule has 0 aliphatic carbocycles. The van der Waals surface area contributed by atoms with Crippen LogP contribution in [0.1, 0.15) is 19.7 Å². The molecule has 19 heavy (non-hydrogen) atoms. The molecule has 0 fully saturated rings. The van der Waals surface area contributed by atoms with Crippen molar-refractivity contribution in [1.82, 2.24) is 25.1 Å². The van der Waals surface area contributed by atoms with Crippen LogP contribution in [0.25, 0.3) is 11.8 Å². The highest BCUT2D eigenvalue weighted by Crippen LogP contribution is 2.13. The summed E-state index contributed by atoms with van der Waals surface area (Å²) in [4.78, 5) is 2.17. The molecule has 100 valence electrons. The molecule has 0 amide bonds. The van der Waals surface area contributed by atoms with Crippen molar-refractivity contribution in [3.63, 3.8) is 0 Å². The lowest BCUT2D eigenvalue weighted by atomic mass is 10.3. The average Bonchev–Trinajstić information content (AvgIpc) is 2.89. The molecular formula is C13H16ClN5. The van der Waals surface area contributed by atoms with Crippen LogP contribution in [-0.4, -0.2) is 38.2 Å². The van der Waals surface area contributed by atoms with E-state index in [1.807, 2.05) is 36.5 Å². The van der Waals surface area contributed by atoms with Crippen LogP contribution in [0.3, 0.4) is 0 Å². The molecule has 1 aromatic carbocycles. The molecule has 0 N–H and O–H groups in total. The summed E-state index contributed by atoms with van der Waals surface area (Å²) in [5.74, 6) is 0.689. The Hall–Kier alpha value is -1.88. The van der Waals surface area contributed by atoms with Gasteiger partial charge < -0.3 is 4.90 Å². The van der Waals surface area contributed by atoms with Gasteiger partial charge in [-0.15, -0.1) is 5.10 Å². The fourth-order valence-electron chi connectivity index (χ4n) is 1.67. The fraction of sp³-hybridized carbons (Fsp3) is 0.308. The molecule has 2 aromatic rings. The van der Waals surface area contributed by atoms with Gasteiger partial charge in [0.2, 0.25) is 0 Å². The van der Waals surface area contributed by atoms with Gasteiger partial charge in [-0.25, -0.2) is 0 Å². The standard InChI is InChI=1S/C13H16ClN5/c1-3-18(4-2)10-9-13-15-16-17-19(13)12-7-5-11(14)6-8-12/h5-10H,3-4H2,1-2H3. The maximum Gasteiger partial charge on any atom is 0.181 e. The first-order valence-corrected chi connectivity index (χ1v) is 6.59. The average molecular weight is 278 g/mol. The number of tetrazole rings is 1. The van der Waals surface area contributed by atoms with Gasteiger partial charge in [0.25, 0.3) is 0 Å². The summed E-state index contributed by atoms with van der Waals surface area (Å²) in [6, 6.07) is 7.40. The second-order valence-corrected chi connectivity index (χ2v) is 4.40. The molecule has 0 saturated carbocycles. The molecule has 1 aromatic heterocycles. The Kier molecular flexibility index (Phi) is 4.52. The third-order valence-electron chi connectivity index (χ3n) is 2.81. The van der Waals surface area contributed by atoms with Crippen LogP contribution in [0.4, 0.5) is 0 Å². The SMILES string of the molecule is CCN(C=Cc1nnnn1-c1ccc(Cl)cc1)CC. The molecule has 0 saturated heterocycles. The Bertz CT molecular complexity index is 542. The van der Waals surface area contributed by atoms with Crippen LogP contribution in [-0.2, 0) is 0 Å². The van der Waals surface area contributed by atoms with Crippen molar-refractivity contribution < 1.29 is 0 Å². The van der Waals surface area contributed by atoms with Gasteiger partial charge in [-0.3, -0.25) is 0 Å². The minimum absolute atomic E-state index is 0.689. The number of hydrogen-bond donors (Lipinski definition) is 0. The zero-order valence-corrected chi connectivity index (χ0v) is 11.7. The van der Waals surface area contributed by atoms with Crippen molar-refractivity contribution in [2.75, 3.05) is 13.1 Å². The topological polar surface area (TPSA) is 46.8 Å². The van der Waals surface area contributed by atoms with Crippen molar-refractivity contribution >= 4 is 17.7 Å². The number of aromatic nitrogens is 4. The van der Waals surface area contributed by atoms with Crippen LogP contribution >= 0.6 is 11.6 Å². The van der Waals surface area contributed by atoms with Gasteiger partial charge in [0, 0.05) is 30.4 Å². The first kappa shape index (κ1) is 13.5.